The summed E-state index contributed by atoms with van der Waals surface area (Å²) in [5.74, 6) is 0. The van der Waals surface area contributed by atoms with Gasteiger partial charge in [0.05, 0.1) is 27.2 Å². The van der Waals surface area contributed by atoms with Gasteiger partial charge >= 0.3 is 0 Å². The zero-order valence-electron chi connectivity index (χ0n) is 14.9. The predicted octanol–water partition coefficient (Wildman–Crippen LogP) is 1.76. The van der Waals surface area contributed by atoms with E-state index in [4.69, 9.17) is 5.11 Å². The Kier molecular flexibility index (Phi) is 19.4. The van der Waals surface area contributed by atoms with E-state index in [0.717, 1.165) is 17.3 Å². The number of rotatable bonds is 15. The third kappa shape index (κ3) is 18.6. The molecule has 0 fully saturated rings. The summed E-state index contributed by atoms with van der Waals surface area (Å²) in [5, 5.41) is 8.82. The average molecular weight is 413 g/mol. The van der Waals surface area contributed by atoms with Crippen LogP contribution in [0.2, 0.25) is 0 Å². The lowest BCUT2D eigenvalue weighted by molar-refractivity contribution is -0.890. The van der Waals surface area contributed by atoms with Gasteiger partial charge in [0.2, 0.25) is 0 Å². The first-order valence-corrected chi connectivity index (χ1v) is 9.05. The normalized spacial score (nSPS) is 11.4. The van der Waals surface area contributed by atoms with E-state index in [1.54, 1.807) is 0 Å². The van der Waals surface area contributed by atoms with Crippen molar-refractivity contribution in [1.82, 2.24) is 0 Å². The van der Waals surface area contributed by atoms with Crippen LogP contribution in [0, 0.1) is 0 Å². The highest BCUT2D eigenvalue weighted by molar-refractivity contribution is 4.48. The van der Waals surface area contributed by atoms with Gasteiger partial charge < -0.3 is 33.6 Å². The number of quaternary nitrogens is 1. The zero-order valence-corrected chi connectivity index (χ0v) is 17.0. The summed E-state index contributed by atoms with van der Waals surface area (Å²) in [4.78, 5) is 0. The molecule has 0 aromatic rings. The molecule has 3 heteroatoms. The van der Waals surface area contributed by atoms with E-state index in [1.807, 2.05) is 0 Å². The van der Waals surface area contributed by atoms with Crippen LogP contribution >= 0.6 is 0 Å². The summed E-state index contributed by atoms with van der Waals surface area (Å²) in [6.07, 6.45) is 16.3. The maximum atomic E-state index is 8.82. The largest absolute Gasteiger partial charge is 1.00 e. The van der Waals surface area contributed by atoms with E-state index in [0.29, 0.717) is 6.61 Å². The van der Waals surface area contributed by atoms with Gasteiger partial charge in [0.15, 0.2) is 0 Å². The number of nitrogens with zero attached hydrogens (tertiary/aromatic N) is 1. The lowest BCUT2D eigenvalue weighted by Gasteiger charge is -2.29. The maximum absolute atomic E-state index is 8.82. The first-order valence-electron chi connectivity index (χ1n) is 9.05. The molecule has 0 aliphatic heterocycles. The van der Waals surface area contributed by atoms with Crippen LogP contribution in [0.15, 0.2) is 0 Å². The molecule has 0 bridgehead atoms. The summed E-state index contributed by atoms with van der Waals surface area (Å²) in [7, 11) is 4.65. The third-order valence-corrected chi connectivity index (χ3v) is 4.29. The van der Waals surface area contributed by atoms with Crippen LogP contribution in [-0.2, 0) is 0 Å². The molecule has 0 rings (SSSR count). The molecule has 0 radical (unpaired) electrons. The summed E-state index contributed by atoms with van der Waals surface area (Å²) in [6.45, 7) is 5.13. The number of hydrogen-bond acceptors (Lipinski definition) is 1. The van der Waals surface area contributed by atoms with Gasteiger partial charge in [-0.25, -0.2) is 0 Å². The third-order valence-electron chi connectivity index (χ3n) is 4.29. The molecule has 0 heterocycles. The molecule has 0 saturated heterocycles. The second-order valence-electron chi connectivity index (χ2n) is 7.00. The number of halogens is 1. The van der Waals surface area contributed by atoms with Gasteiger partial charge in [-0.05, 0) is 25.7 Å². The van der Waals surface area contributed by atoms with Gasteiger partial charge in [-0.3, -0.25) is 0 Å². The smallest absolute Gasteiger partial charge is 0.0783 e. The summed E-state index contributed by atoms with van der Waals surface area (Å²) in [5.41, 5.74) is 0. The van der Waals surface area contributed by atoms with Crippen LogP contribution in [0.1, 0.15) is 84.0 Å². The first kappa shape index (κ1) is 23.9. The quantitative estimate of drug-likeness (QED) is 0.247. The molecule has 130 valence electrons. The predicted molar refractivity (Wildman–Crippen MR) is 90.0 cm³/mol. The SMILES string of the molecule is CCCCCCCCCCCC[N+](C)(C)CCCCO.[I-]. The fraction of sp³-hybridized carbons (Fsp3) is 1.00. The molecule has 0 aliphatic carbocycles. The molecule has 2 nitrogen and oxygen atoms in total. The molecular formula is C18H40INO. The molecule has 0 spiro atoms. The van der Waals surface area contributed by atoms with E-state index in [1.165, 1.54) is 77.3 Å². The van der Waals surface area contributed by atoms with Crippen LogP contribution in [0.25, 0.3) is 0 Å². The van der Waals surface area contributed by atoms with Gasteiger partial charge in [0, 0.05) is 6.61 Å². The first-order chi connectivity index (χ1) is 9.62. The second-order valence-corrected chi connectivity index (χ2v) is 7.00. The van der Waals surface area contributed by atoms with Gasteiger partial charge in [0.25, 0.3) is 0 Å². The van der Waals surface area contributed by atoms with Crippen LogP contribution in [0.3, 0.4) is 0 Å². The fourth-order valence-corrected chi connectivity index (χ4v) is 2.79. The monoisotopic (exact) mass is 413 g/mol. The van der Waals surface area contributed by atoms with Crippen molar-refractivity contribution in [2.75, 3.05) is 33.8 Å². The van der Waals surface area contributed by atoms with Crippen molar-refractivity contribution in [2.45, 2.75) is 84.0 Å². The van der Waals surface area contributed by atoms with Crippen molar-refractivity contribution in [3.63, 3.8) is 0 Å². The van der Waals surface area contributed by atoms with E-state index in [-0.39, 0.29) is 24.0 Å². The van der Waals surface area contributed by atoms with Gasteiger partial charge in [0.1, 0.15) is 0 Å². The number of aliphatic hydroxyl groups excluding tert-OH is 1. The van der Waals surface area contributed by atoms with Crippen LogP contribution in [0.4, 0.5) is 0 Å². The van der Waals surface area contributed by atoms with Gasteiger partial charge in [-0.15, -0.1) is 0 Å². The van der Waals surface area contributed by atoms with E-state index < -0.39 is 0 Å². The zero-order chi connectivity index (χ0) is 15.1. The molecule has 0 aromatic heterocycles. The van der Waals surface area contributed by atoms with Crippen LogP contribution in [-0.4, -0.2) is 43.4 Å². The maximum Gasteiger partial charge on any atom is 0.0783 e. The Morgan fingerprint density at radius 2 is 1.00 bits per heavy atom. The Morgan fingerprint density at radius 3 is 1.43 bits per heavy atom. The Labute approximate surface area is 151 Å². The molecule has 21 heavy (non-hydrogen) atoms. The molecule has 0 saturated carbocycles. The van der Waals surface area contributed by atoms with E-state index in [9.17, 15) is 0 Å². The molecule has 0 unspecified atom stereocenters. The van der Waals surface area contributed by atoms with Crippen molar-refractivity contribution in [3.8, 4) is 0 Å². The lowest BCUT2D eigenvalue weighted by atomic mass is 10.1. The summed E-state index contributed by atoms with van der Waals surface area (Å²) >= 11 is 0. The van der Waals surface area contributed by atoms with Crippen molar-refractivity contribution in [3.05, 3.63) is 0 Å². The minimum atomic E-state index is 0. The average Bonchev–Trinajstić information content (AvgIpc) is 2.41. The Hall–Kier alpha value is 0.650. The van der Waals surface area contributed by atoms with Crippen molar-refractivity contribution >= 4 is 0 Å². The Balaban J connectivity index is 0. The standard InChI is InChI=1S/C18H40NO.HI/c1-4-5-6-7-8-9-10-11-12-13-16-19(2,3)17-14-15-18-20;/h20H,4-18H2,1-3H3;1H/q+1;/p-1. The van der Waals surface area contributed by atoms with Crippen molar-refractivity contribution in [2.24, 2.45) is 0 Å². The van der Waals surface area contributed by atoms with Crippen molar-refractivity contribution in [1.29, 1.82) is 0 Å². The number of aliphatic hydroxyl groups is 1. The van der Waals surface area contributed by atoms with Gasteiger partial charge in [-0.1, -0.05) is 58.3 Å². The summed E-state index contributed by atoms with van der Waals surface area (Å²) < 4.78 is 1.12. The minimum Gasteiger partial charge on any atom is -1.00 e. The topological polar surface area (TPSA) is 20.2 Å². The Bertz CT molecular complexity index is 198. The highest BCUT2D eigenvalue weighted by atomic mass is 127. The Morgan fingerprint density at radius 1 is 0.619 bits per heavy atom. The minimum absolute atomic E-state index is 0. The fourth-order valence-electron chi connectivity index (χ4n) is 2.79. The van der Waals surface area contributed by atoms with Crippen LogP contribution < -0.4 is 24.0 Å². The molecular weight excluding hydrogens is 373 g/mol. The van der Waals surface area contributed by atoms with E-state index >= 15 is 0 Å². The molecule has 1 N–H and O–H groups in total. The highest BCUT2D eigenvalue weighted by Crippen LogP contribution is 2.12. The second kappa shape index (κ2) is 17.0. The number of hydrogen-bond donors (Lipinski definition) is 1. The molecule has 0 amide bonds. The summed E-state index contributed by atoms with van der Waals surface area (Å²) in [6, 6.07) is 0. The van der Waals surface area contributed by atoms with Crippen LogP contribution in [0.5, 0.6) is 0 Å². The lowest BCUT2D eigenvalue weighted by Crippen LogP contribution is -3.00. The van der Waals surface area contributed by atoms with E-state index in [2.05, 4.69) is 21.0 Å². The number of unbranched alkanes of at least 4 members (excludes halogenated alkanes) is 10. The molecule has 0 aliphatic rings. The van der Waals surface area contributed by atoms with Gasteiger partial charge in [-0.2, -0.15) is 0 Å². The molecule has 0 aromatic carbocycles. The molecule has 0 atom stereocenters. The highest BCUT2D eigenvalue weighted by Gasteiger charge is 2.13. The van der Waals surface area contributed by atoms with Crippen molar-refractivity contribution < 1.29 is 33.6 Å².